The van der Waals surface area contributed by atoms with E-state index >= 15 is 0 Å². The minimum atomic E-state index is 0.595. The number of benzene rings is 1. The molecule has 2 rings (SSSR count). The second-order valence-corrected chi connectivity index (χ2v) is 4.02. The molecule has 2 aromatic rings. The van der Waals surface area contributed by atoms with Crippen LogP contribution in [-0.2, 0) is 6.54 Å². The predicted molar refractivity (Wildman–Crippen MR) is 71.6 cm³/mol. The van der Waals surface area contributed by atoms with Gasteiger partial charge in [0.25, 0.3) is 0 Å². The zero-order chi connectivity index (χ0) is 13.1. The maximum atomic E-state index is 5.40. The number of nitrogens with one attached hydrogen (secondary N) is 1. The van der Waals surface area contributed by atoms with Gasteiger partial charge in [-0.3, -0.25) is 5.10 Å². The summed E-state index contributed by atoms with van der Waals surface area (Å²) in [5.74, 6) is 2.08. The third kappa shape index (κ3) is 1.99. The number of aromatic amines is 1. The van der Waals surface area contributed by atoms with Crippen molar-refractivity contribution in [2.75, 3.05) is 14.2 Å². The van der Waals surface area contributed by atoms with Crippen LogP contribution in [0.2, 0.25) is 0 Å². The summed E-state index contributed by atoms with van der Waals surface area (Å²) in [4.78, 5) is 0. The maximum absolute atomic E-state index is 5.40. The molecule has 0 fully saturated rings. The molecule has 0 saturated carbocycles. The number of rotatable bonds is 4. The minimum absolute atomic E-state index is 0.595. The summed E-state index contributed by atoms with van der Waals surface area (Å²) in [6.45, 7) is 2.76. The molecule has 0 saturated heterocycles. The van der Waals surface area contributed by atoms with Crippen molar-refractivity contribution >= 4 is 12.2 Å². The van der Waals surface area contributed by atoms with Gasteiger partial charge in [-0.1, -0.05) is 6.07 Å². The van der Waals surface area contributed by atoms with E-state index in [0.717, 1.165) is 17.9 Å². The molecule has 1 heterocycles. The topological polar surface area (TPSA) is 52.1 Å². The first-order valence-corrected chi connectivity index (χ1v) is 6.00. The highest BCUT2D eigenvalue weighted by Crippen LogP contribution is 2.36. The van der Waals surface area contributed by atoms with E-state index in [0.29, 0.717) is 16.3 Å². The quantitative estimate of drug-likeness (QED) is 0.863. The molecule has 0 aliphatic carbocycles. The fourth-order valence-corrected chi connectivity index (χ4v) is 2.14. The maximum Gasteiger partial charge on any atom is 0.195 e. The van der Waals surface area contributed by atoms with Gasteiger partial charge in [0.05, 0.1) is 19.8 Å². The third-order valence-electron chi connectivity index (χ3n) is 2.72. The molecule has 0 aliphatic heterocycles. The summed E-state index contributed by atoms with van der Waals surface area (Å²) in [5, 5.41) is 7.05. The highest BCUT2D eigenvalue weighted by Gasteiger charge is 2.16. The number of ether oxygens (including phenoxy) is 2. The molecule has 0 spiro atoms. The standard InChI is InChI=1S/C12H15N3O2S/c1-4-15-11(13-14-12(15)18)8-6-5-7-9(16-2)10(8)17-3/h5-7H,4H2,1-3H3,(H,14,18). The SMILES string of the molecule is CCn1c(-c2cccc(OC)c2OC)n[nH]c1=S. The van der Waals surface area contributed by atoms with E-state index < -0.39 is 0 Å². The molecule has 96 valence electrons. The van der Waals surface area contributed by atoms with Crippen LogP contribution in [0.3, 0.4) is 0 Å². The van der Waals surface area contributed by atoms with Gasteiger partial charge in [0.15, 0.2) is 22.1 Å². The molecular formula is C12H15N3O2S. The van der Waals surface area contributed by atoms with E-state index in [1.165, 1.54) is 0 Å². The molecule has 1 N–H and O–H groups in total. The van der Waals surface area contributed by atoms with Gasteiger partial charge >= 0.3 is 0 Å². The molecule has 0 bridgehead atoms. The Morgan fingerprint density at radius 2 is 2.11 bits per heavy atom. The fraction of sp³-hybridized carbons (Fsp3) is 0.333. The van der Waals surface area contributed by atoms with E-state index in [2.05, 4.69) is 10.2 Å². The lowest BCUT2D eigenvalue weighted by molar-refractivity contribution is 0.356. The van der Waals surface area contributed by atoms with Crippen molar-refractivity contribution in [2.45, 2.75) is 13.5 Å². The predicted octanol–water partition coefficient (Wildman–Crippen LogP) is 2.64. The van der Waals surface area contributed by atoms with Gasteiger partial charge in [0.2, 0.25) is 0 Å². The van der Waals surface area contributed by atoms with Crippen molar-refractivity contribution in [1.29, 1.82) is 0 Å². The summed E-state index contributed by atoms with van der Waals surface area (Å²) < 4.78 is 13.2. The van der Waals surface area contributed by atoms with Crippen LogP contribution in [0.15, 0.2) is 18.2 Å². The molecule has 0 radical (unpaired) electrons. The Morgan fingerprint density at radius 3 is 2.72 bits per heavy atom. The Morgan fingerprint density at radius 1 is 1.33 bits per heavy atom. The monoisotopic (exact) mass is 265 g/mol. The number of hydrogen-bond donors (Lipinski definition) is 1. The van der Waals surface area contributed by atoms with Crippen LogP contribution >= 0.6 is 12.2 Å². The molecule has 6 heteroatoms. The van der Waals surface area contributed by atoms with Crippen LogP contribution in [-0.4, -0.2) is 29.0 Å². The van der Waals surface area contributed by atoms with Crippen molar-refractivity contribution in [3.05, 3.63) is 23.0 Å². The Balaban J connectivity index is 2.67. The lowest BCUT2D eigenvalue weighted by atomic mass is 10.1. The molecule has 0 amide bonds. The number of hydrogen-bond acceptors (Lipinski definition) is 4. The number of para-hydroxylation sites is 1. The normalized spacial score (nSPS) is 10.4. The number of aromatic nitrogens is 3. The summed E-state index contributed by atoms with van der Waals surface area (Å²) >= 11 is 5.19. The highest BCUT2D eigenvalue weighted by atomic mass is 32.1. The van der Waals surface area contributed by atoms with E-state index in [1.807, 2.05) is 29.7 Å². The van der Waals surface area contributed by atoms with Crippen LogP contribution in [0, 0.1) is 4.77 Å². The molecule has 0 unspecified atom stereocenters. The van der Waals surface area contributed by atoms with Crippen molar-refractivity contribution in [2.24, 2.45) is 0 Å². The Bertz CT molecular complexity index is 604. The first-order chi connectivity index (χ1) is 8.72. The summed E-state index contributed by atoms with van der Waals surface area (Å²) in [5.41, 5.74) is 0.853. The van der Waals surface area contributed by atoms with E-state index in [1.54, 1.807) is 14.2 Å². The van der Waals surface area contributed by atoms with Crippen LogP contribution in [0.5, 0.6) is 11.5 Å². The van der Waals surface area contributed by atoms with Gasteiger partial charge in [-0.15, -0.1) is 0 Å². The molecule has 0 atom stereocenters. The first kappa shape index (κ1) is 12.6. The van der Waals surface area contributed by atoms with E-state index in [4.69, 9.17) is 21.7 Å². The van der Waals surface area contributed by atoms with Crippen LogP contribution in [0.25, 0.3) is 11.4 Å². The number of nitrogens with zero attached hydrogens (tertiary/aromatic N) is 2. The smallest absolute Gasteiger partial charge is 0.195 e. The first-order valence-electron chi connectivity index (χ1n) is 5.59. The number of H-pyrrole nitrogens is 1. The second-order valence-electron chi connectivity index (χ2n) is 3.64. The zero-order valence-electron chi connectivity index (χ0n) is 10.6. The van der Waals surface area contributed by atoms with Gasteiger partial charge in [0, 0.05) is 6.54 Å². The van der Waals surface area contributed by atoms with Gasteiger partial charge in [0.1, 0.15) is 0 Å². The van der Waals surface area contributed by atoms with Crippen molar-refractivity contribution in [1.82, 2.24) is 14.8 Å². The lowest BCUT2D eigenvalue weighted by Gasteiger charge is -2.12. The van der Waals surface area contributed by atoms with E-state index in [9.17, 15) is 0 Å². The van der Waals surface area contributed by atoms with Crippen molar-refractivity contribution in [3.63, 3.8) is 0 Å². The Kier molecular flexibility index (Phi) is 3.66. The fourth-order valence-electron chi connectivity index (χ4n) is 1.88. The molecule has 0 aliphatic rings. The Hall–Kier alpha value is -1.82. The van der Waals surface area contributed by atoms with Gasteiger partial charge < -0.3 is 14.0 Å². The molecular weight excluding hydrogens is 250 g/mol. The highest BCUT2D eigenvalue weighted by molar-refractivity contribution is 7.71. The minimum Gasteiger partial charge on any atom is -0.493 e. The Labute approximate surface area is 110 Å². The average molecular weight is 265 g/mol. The van der Waals surface area contributed by atoms with Gasteiger partial charge in [-0.25, -0.2) is 0 Å². The average Bonchev–Trinajstić information content (AvgIpc) is 2.78. The van der Waals surface area contributed by atoms with Crippen molar-refractivity contribution < 1.29 is 9.47 Å². The zero-order valence-corrected chi connectivity index (χ0v) is 11.4. The van der Waals surface area contributed by atoms with Gasteiger partial charge in [-0.2, -0.15) is 5.10 Å². The van der Waals surface area contributed by atoms with Crippen LogP contribution < -0.4 is 9.47 Å². The van der Waals surface area contributed by atoms with Crippen LogP contribution in [0.1, 0.15) is 6.92 Å². The van der Waals surface area contributed by atoms with Gasteiger partial charge in [-0.05, 0) is 31.3 Å². The van der Waals surface area contributed by atoms with Crippen LogP contribution in [0.4, 0.5) is 0 Å². The summed E-state index contributed by atoms with van der Waals surface area (Å²) in [7, 11) is 3.22. The van der Waals surface area contributed by atoms with Crippen molar-refractivity contribution in [3.8, 4) is 22.9 Å². The molecule has 1 aromatic heterocycles. The third-order valence-corrected chi connectivity index (χ3v) is 3.03. The van der Waals surface area contributed by atoms with E-state index in [-0.39, 0.29) is 0 Å². The molecule has 1 aromatic carbocycles. The molecule has 5 nitrogen and oxygen atoms in total. The summed E-state index contributed by atoms with van der Waals surface area (Å²) in [6, 6.07) is 5.67. The lowest BCUT2D eigenvalue weighted by Crippen LogP contribution is -2.00. The summed E-state index contributed by atoms with van der Waals surface area (Å²) in [6.07, 6.45) is 0. The largest absolute Gasteiger partial charge is 0.493 e. The second kappa shape index (κ2) is 5.22. The molecule has 18 heavy (non-hydrogen) atoms. The number of methoxy groups -OCH3 is 2.